The molecule has 0 aliphatic carbocycles. The minimum absolute atomic E-state index is 0.0233. The zero-order chi connectivity index (χ0) is 14.9. The molecule has 112 valence electrons. The summed E-state index contributed by atoms with van der Waals surface area (Å²) in [7, 11) is 0.438. The summed E-state index contributed by atoms with van der Waals surface area (Å²) in [6.45, 7) is 0.994. The highest BCUT2D eigenvalue weighted by atomic mass is 16.4. The Morgan fingerprint density at radius 3 is 2.37 bits per heavy atom. The third-order valence-electron chi connectivity index (χ3n) is 3.18. The summed E-state index contributed by atoms with van der Waals surface area (Å²) >= 11 is 0. The Balaban J connectivity index is 4.15. The molecule has 0 heterocycles. The molecule has 0 saturated carbocycles. The number of carbonyl (C=O) groups is 1. The molecule has 0 aliphatic rings. The van der Waals surface area contributed by atoms with E-state index in [1.54, 1.807) is 7.05 Å². The molecule has 0 saturated heterocycles. The predicted molar refractivity (Wildman–Crippen MR) is 72.6 cm³/mol. The van der Waals surface area contributed by atoms with Gasteiger partial charge in [-0.2, -0.15) is 0 Å². The minimum atomic E-state index is -1.35. The molecule has 6 N–H and O–H groups in total. The van der Waals surface area contributed by atoms with Gasteiger partial charge in [0.15, 0.2) is 0 Å². The van der Waals surface area contributed by atoms with E-state index in [0.717, 1.165) is 0 Å². The van der Waals surface area contributed by atoms with Crippen LogP contribution in [0.3, 0.4) is 0 Å². The number of unbranched alkanes of at least 4 members (excludes halogenated alkanes) is 1. The average molecular weight is 276 g/mol. The Hall–Kier alpha value is -0.665. The summed E-state index contributed by atoms with van der Waals surface area (Å²) in [4.78, 5) is 13.0. The van der Waals surface area contributed by atoms with Crippen molar-refractivity contribution in [3.63, 3.8) is 0 Å². The molecular weight excluding hydrogens is 251 g/mol. The standard InChI is InChI=1S/C11H25BN2O5/c1-14(8-9-15)7-5-11(13,10(16)17)4-2-3-6-12(18)19/h15,18-19H,2-9,13H2,1H3,(H,16,17). The van der Waals surface area contributed by atoms with E-state index in [0.29, 0.717) is 38.8 Å². The average Bonchev–Trinajstić information content (AvgIpc) is 2.32. The van der Waals surface area contributed by atoms with Gasteiger partial charge in [-0.1, -0.05) is 12.8 Å². The lowest BCUT2D eigenvalue weighted by atomic mass is 9.81. The largest absolute Gasteiger partial charge is 0.480 e. The van der Waals surface area contributed by atoms with E-state index in [2.05, 4.69) is 0 Å². The number of hydrogen-bond donors (Lipinski definition) is 5. The molecule has 0 aromatic carbocycles. The molecular formula is C11H25BN2O5. The number of hydrogen-bond acceptors (Lipinski definition) is 6. The molecule has 0 aromatic heterocycles. The van der Waals surface area contributed by atoms with Crippen molar-refractivity contribution >= 4 is 13.1 Å². The number of nitrogens with zero attached hydrogens (tertiary/aromatic N) is 1. The van der Waals surface area contributed by atoms with Gasteiger partial charge in [0.1, 0.15) is 5.54 Å². The van der Waals surface area contributed by atoms with Gasteiger partial charge in [-0.3, -0.25) is 4.79 Å². The van der Waals surface area contributed by atoms with E-state index >= 15 is 0 Å². The van der Waals surface area contributed by atoms with Gasteiger partial charge in [0.25, 0.3) is 0 Å². The van der Waals surface area contributed by atoms with Crippen LogP contribution in [0.5, 0.6) is 0 Å². The monoisotopic (exact) mass is 276 g/mol. The van der Waals surface area contributed by atoms with Gasteiger partial charge in [0.2, 0.25) is 0 Å². The fraction of sp³-hybridized carbons (Fsp3) is 0.909. The number of carboxylic acids is 1. The van der Waals surface area contributed by atoms with Gasteiger partial charge in [-0.25, -0.2) is 0 Å². The van der Waals surface area contributed by atoms with Crippen LogP contribution in [-0.4, -0.2) is 70.5 Å². The van der Waals surface area contributed by atoms with Crippen LogP contribution in [0.1, 0.15) is 25.7 Å². The highest BCUT2D eigenvalue weighted by Crippen LogP contribution is 2.18. The molecule has 1 unspecified atom stereocenters. The molecule has 1 atom stereocenters. The van der Waals surface area contributed by atoms with Crippen molar-refractivity contribution in [2.24, 2.45) is 5.73 Å². The maximum atomic E-state index is 11.2. The van der Waals surface area contributed by atoms with Gasteiger partial charge < -0.3 is 30.9 Å². The molecule has 0 aliphatic heterocycles. The molecule has 0 rings (SSSR count). The zero-order valence-electron chi connectivity index (χ0n) is 11.5. The molecule has 7 nitrogen and oxygen atoms in total. The zero-order valence-corrected chi connectivity index (χ0v) is 11.5. The Bertz CT molecular complexity index is 267. The Kier molecular flexibility index (Phi) is 8.95. The van der Waals surface area contributed by atoms with Crippen LogP contribution in [0.4, 0.5) is 0 Å². The van der Waals surface area contributed by atoms with Crippen molar-refractivity contribution in [3.05, 3.63) is 0 Å². The fourth-order valence-corrected chi connectivity index (χ4v) is 1.78. The van der Waals surface area contributed by atoms with Crippen LogP contribution in [0.15, 0.2) is 0 Å². The van der Waals surface area contributed by atoms with E-state index in [1.165, 1.54) is 0 Å². The SMILES string of the molecule is CN(CCO)CCC(N)(CCCCB(O)O)C(=O)O. The summed E-state index contributed by atoms with van der Waals surface area (Å²) in [5.41, 5.74) is 4.59. The van der Waals surface area contributed by atoms with Crippen LogP contribution >= 0.6 is 0 Å². The van der Waals surface area contributed by atoms with Crippen molar-refractivity contribution in [1.29, 1.82) is 0 Å². The maximum Gasteiger partial charge on any atom is 0.451 e. The second-order valence-corrected chi connectivity index (χ2v) is 4.96. The normalized spacial score (nSPS) is 14.4. The summed E-state index contributed by atoms with van der Waals surface area (Å²) in [6, 6.07) is 0. The molecule has 8 heteroatoms. The third kappa shape index (κ3) is 8.17. The number of rotatable bonds is 11. The molecule has 0 aromatic rings. The fourth-order valence-electron chi connectivity index (χ4n) is 1.78. The summed E-state index contributed by atoms with van der Waals surface area (Å²) < 4.78 is 0. The van der Waals surface area contributed by atoms with Crippen molar-refractivity contribution in [2.75, 3.05) is 26.7 Å². The first-order valence-corrected chi connectivity index (χ1v) is 6.49. The first-order chi connectivity index (χ1) is 8.81. The van der Waals surface area contributed by atoms with Gasteiger partial charge in [0.05, 0.1) is 6.61 Å². The number of aliphatic carboxylic acids is 1. The van der Waals surface area contributed by atoms with Crippen LogP contribution in [0.2, 0.25) is 6.32 Å². The van der Waals surface area contributed by atoms with Crippen LogP contribution in [-0.2, 0) is 4.79 Å². The predicted octanol–water partition coefficient (Wildman–Crippen LogP) is -1.27. The molecule has 0 fully saturated rings. The lowest BCUT2D eigenvalue weighted by molar-refractivity contribution is -0.144. The number of nitrogens with two attached hydrogens (primary N) is 1. The smallest absolute Gasteiger partial charge is 0.451 e. The quantitative estimate of drug-likeness (QED) is 0.235. The number of carboxylic acid groups (broad SMARTS) is 1. The molecule has 19 heavy (non-hydrogen) atoms. The minimum Gasteiger partial charge on any atom is -0.480 e. The third-order valence-corrected chi connectivity index (χ3v) is 3.18. The highest BCUT2D eigenvalue weighted by molar-refractivity contribution is 6.40. The molecule has 0 amide bonds. The molecule has 0 spiro atoms. The van der Waals surface area contributed by atoms with Crippen LogP contribution in [0, 0.1) is 0 Å². The van der Waals surface area contributed by atoms with Gasteiger partial charge in [0, 0.05) is 13.1 Å². The van der Waals surface area contributed by atoms with Crippen molar-refractivity contribution in [1.82, 2.24) is 4.90 Å². The van der Waals surface area contributed by atoms with Gasteiger partial charge in [-0.05, 0) is 26.2 Å². The van der Waals surface area contributed by atoms with Gasteiger partial charge >= 0.3 is 13.1 Å². The first kappa shape index (κ1) is 18.3. The van der Waals surface area contributed by atoms with E-state index < -0.39 is 18.6 Å². The Morgan fingerprint density at radius 1 is 1.26 bits per heavy atom. The van der Waals surface area contributed by atoms with Crippen molar-refractivity contribution in [2.45, 2.75) is 37.5 Å². The first-order valence-electron chi connectivity index (χ1n) is 6.49. The second kappa shape index (κ2) is 9.27. The molecule has 0 bridgehead atoms. The summed E-state index contributed by atoms with van der Waals surface area (Å²) in [6.07, 6.45) is 1.86. The summed E-state index contributed by atoms with van der Waals surface area (Å²) in [5, 5.41) is 35.4. The topological polar surface area (TPSA) is 127 Å². The lowest BCUT2D eigenvalue weighted by Gasteiger charge is -2.27. The maximum absolute atomic E-state index is 11.2. The highest BCUT2D eigenvalue weighted by Gasteiger charge is 2.33. The van der Waals surface area contributed by atoms with Crippen LogP contribution < -0.4 is 5.73 Å². The van der Waals surface area contributed by atoms with E-state index in [4.69, 9.17) is 20.9 Å². The second-order valence-electron chi connectivity index (χ2n) is 4.96. The van der Waals surface area contributed by atoms with Crippen molar-refractivity contribution in [3.8, 4) is 0 Å². The summed E-state index contributed by atoms with van der Waals surface area (Å²) in [5.74, 6) is -1.05. The number of aliphatic hydroxyl groups is 1. The van der Waals surface area contributed by atoms with Gasteiger partial charge in [-0.15, -0.1) is 0 Å². The van der Waals surface area contributed by atoms with E-state index in [9.17, 15) is 9.90 Å². The Labute approximate surface area is 114 Å². The Morgan fingerprint density at radius 2 is 1.89 bits per heavy atom. The van der Waals surface area contributed by atoms with Crippen LogP contribution in [0.25, 0.3) is 0 Å². The van der Waals surface area contributed by atoms with E-state index in [-0.39, 0.29) is 12.9 Å². The molecule has 0 radical (unpaired) electrons. The van der Waals surface area contributed by atoms with Crippen molar-refractivity contribution < 1.29 is 25.1 Å². The lowest BCUT2D eigenvalue weighted by Crippen LogP contribution is -2.50. The number of aliphatic hydroxyl groups excluding tert-OH is 1. The van der Waals surface area contributed by atoms with E-state index in [1.807, 2.05) is 4.90 Å². The number of likely N-dealkylation sites (N-methyl/N-ethyl adjacent to an activating group) is 1.